The molecular formula is C17H18N4O2S. The van der Waals surface area contributed by atoms with Crippen molar-refractivity contribution in [3.05, 3.63) is 47.1 Å². The quantitative estimate of drug-likeness (QED) is 0.731. The van der Waals surface area contributed by atoms with E-state index in [0.29, 0.717) is 13.2 Å². The number of thiophene rings is 1. The molecule has 1 amide bonds. The van der Waals surface area contributed by atoms with Gasteiger partial charge in [0.15, 0.2) is 0 Å². The van der Waals surface area contributed by atoms with E-state index in [1.807, 2.05) is 40.0 Å². The van der Waals surface area contributed by atoms with Crippen LogP contribution in [0.5, 0.6) is 0 Å². The van der Waals surface area contributed by atoms with Gasteiger partial charge in [-0.1, -0.05) is 23.4 Å². The number of hydrogen-bond donors (Lipinski definition) is 0. The van der Waals surface area contributed by atoms with Crippen LogP contribution in [0, 0.1) is 0 Å². The van der Waals surface area contributed by atoms with E-state index in [1.165, 1.54) is 0 Å². The first-order chi connectivity index (χ1) is 11.7. The summed E-state index contributed by atoms with van der Waals surface area (Å²) >= 11 is 1.56. The average Bonchev–Trinajstić information content (AvgIpc) is 3.32. The molecule has 1 aromatic carbocycles. The number of nitrogens with zero attached hydrogens (tertiary/aromatic N) is 4. The van der Waals surface area contributed by atoms with Crippen molar-refractivity contribution < 1.29 is 9.53 Å². The van der Waals surface area contributed by atoms with Gasteiger partial charge in [0.05, 0.1) is 23.7 Å². The van der Waals surface area contributed by atoms with Gasteiger partial charge in [0.2, 0.25) is 0 Å². The van der Waals surface area contributed by atoms with Crippen LogP contribution < -0.4 is 0 Å². The summed E-state index contributed by atoms with van der Waals surface area (Å²) in [6.45, 7) is 1.87. The van der Waals surface area contributed by atoms with Crippen LogP contribution in [0.15, 0.2) is 36.5 Å². The number of fused-ring (bicyclic) bond motifs is 1. The highest BCUT2D eigenvalue weighted by Gasteiger charge is 2.29. The van der Waals surface area contributed by atoms with E-state index in [1.54, 1.807) is 18.4 Å². The second-order valence-corrected chi connectivity index (χ2v) is 7.05. The maximum atomic E-state index is 12.8. The molecule has 1 aliphatic rings. The number of carbonyl (C=O) groups is 1. The molecule has 1 fully saturated rings. The fourth-order valence-electron chi connectivity index (χ4n) is 3.09. The molecule has 0 saturated carbocycles. The van der Waals surface area contributed by atoms with Gasteiger partial charge in [-0.25, -0.2) is 4.68 Å². The van der Waals surface area contributed by atoms with E-state index in [4.69, 9.17) is 4.74 Å². The van der Waals surface area contributed by atoms with E-state index >= 15 is 0 Å². The molecule has 124 valence electrons. The smallest absolute Gasteiger partial charge is 0.264 e. The number of benzene rings is 1. The Morgan fingerprint density at radius 3 is 3.12 bits per heavy atom. The highest BCUT2D eigenvalue weighted by molar-refractivity contribution is 7.20. The molecule has 6 nitrogen and oxygen atoms in total. The topological polar surface area (TPSA) is 60.2 Å². The average molecular weight is 342 g/mol. The summed E-state index contributed by atoms with van der Waals surface area (Å²) in [6, 6.07) is 10.3. The second kappa shape index (κ2) is 6.33. The van der Waals surface area contributed by atoms with Gasteiger partial charge in [0.1, 0.15) is 5.69 Å². The first-order valence-electron chi connectivity index (χ1n) is 7.92. The Hall–Kier alpha value is -2.25. The van der Waals surface area contributed by atoms with Gasteiger partial charge in [0.25, 0.3) is 5.91 Å². The third-order valence-electron chi connectivity index (χ3n) is 4.31. The summed E-state index contributed by atoms with van der Waals surface area (Å²) in [5.41, 5.74) is 0.812. The Morgan fingerprint density at radius 1 is 1.42 bits per heavy atom. The molecule has 2 aromatic heterocycles. The molecule has 7 heteroatoms. The van der Waals surface area contributed by atoms with Gasteiger partial charge in [0, 0.05) is 24.9 Å². The molecule has 3 heterocycles. The van der Waals surface area contributed by atoms with Crippen molar-refractivity contribution in [2.45, 2.75) is 19.1 Å². The van der Waals surface area contributed by atoms with E-state index in [-0.39, 0.29) is 11.9 Å². The highest BCUT2D eigenvalue weighted by Crippen LogP contribution is 2.29. The molecule has 0 aliphatic carbocycles. The lowest BCUT2D eigenvalue weighted by molar-refractivity contribution is 0.0792. The van der Waals surface area contributed by atoms with Crippen LogP contribution in [0.4, 0.5) is 0 Å². The predicted molar refractivity (Wildman–Crippen MR) is 92.1 cm³/mol. The normalized spacial score (nSPS) is 17.7. The van der Waals surface area contributed by atoms with E-state index in [9.17, 15) is 4.79 Å². The first-order valence-corrected chi connectivity index (χ1v) is 8.74. The minimum atomic E-state index is 0.107. The van der Waals surface area contributed by atoms with E-state index in [2.05, 4.69) is 16.4 Å². The fraction of sp³-hybridized carbons (Fsp3) is 0.353. The maximum absolute atomic E-state index is 12.8. The van der Waals surface area contributed by atoms with E-state index in [0.717, 1.165) is 33.6 Å². The molecule has 3 aromatic rings. The largest absolute Gasteiger partial charge is 0.378 e. The Balaban J connectivity index is 1.48. The number of ether oxygens (including phenoxy) is 1. The van der Waals surface area contributed by atoms with Crippen molar-refractivity contribution in [2.75, 3.05) is 20.2 Å². The summed E-state index contributed by atoms with van der Waals surface area (Å²) in [4.78, 5) is 15.5. The molecule has 1 atom stereocenters. The third-order valence-corrected chi connectivity index (χ3v) is 5.42. The minimum Gasteiger partial charge on any atom is -0.378 e. The molecule has 24 heavy (non-hydrogen) atoms. The molecule has 0 spiro atoms. The first kappa shape index (κ1) is 15.3. The Morgan fingerprint density at radius 2 is 2.29 bits per heavy atom. The number of likely N-dealkylation sites (tertiary alicyclic amines) is 1. The van der Waals surface area contributed by atoms with Crippen LogP contribution in [0.3, 0.4) is 0 Å². The van der Waals surface area contributed by atoms with Gasteiger partial charge in [-0.2, -0.15) is 0 Å². The van der Waals surface area contributed by atoms with Gasteiger partial charge in [-0.15, -0.1) is 16.4 Å². The van der Waals surface area contributed by atoms with Crippen molar-refractivity contribution in [3.8, 4) is 0 Å². The van der Waals surface area contributed by atoms with Gasteiger partial charge in [-0.3, -0.25) is 4.79 Å². The SMILES string of the molecule is COCc1cn([C@@H]2CCN(C(=O)c3cc4ccccc4s3)C2)nn1. The zero-order chi connectivity index (χ0) is 16.5. The zero-order valence-electron chi connectivity index (χ0n) is 13.4. The summed E-state index contributed by atoms with van der Waals surface area (Å²) in [5.74, 6) is 0.107. The molecule has 0 bridgehead atoms. The lowest BCUT2D eigenvalue weighted by Gasteiger charge is -2.15. The van der Waals surface area contributed by atoms with Crippen molar-refractivity contribution in [3.63, 3.8) is 0 Å². The predicted octanol–water partition coefficient (Wildman–Crippen LogP) is 2.73. The number of carbonyl (C=O) groups excluding carboxylic acids is 1. The van der Waals surface area contributed by atoms with E-state index < -0.39 is 0 Å². The Labute approximate surface area is 143 Å². The van der Waals surface area contributed by atoms with Crippen LogP contribution in [0.1, 0.15) is 27.8 Å². The lowest BCUT2D eigenvalue weighted by atomic mass is 10.2. The number of methoxy groups -OCH3 is 1. The zero-order valence-corrected chi connectivity index (χ0v) is 14.2. The van der Waals surface area contributed by atoms with Crippen LogP contribution in [0.25, 0.3) is 10.1 Å². The van der Waals surface area contributed by atoms with Gasteiger partial charge in [-0.05, 0) is 23.9 Å². The molecule has 0 radical (unpaired) electrons. The minimum absolute atomic E-state index is 0.107. The summed E-state index contributed by atoms with van der Waals surface area (Å²) < 4.78 is 8.07. The van der Waals surface area contributed by atoms with Crippen molar-refractivity contribution in [2.24, 2.45) is 0 Å². The summed E-state index contributed by atoms with van der Waals surface area (Å²) in [5, 5.41) is 9.39. The number of hydrogen-bond acceptors (Lipinski definition) is 5. The molecule has 4 rings (SSSR count). The van der Waals surface area contributed by atoms with Crippen molar-refractivity contribution >= 4 is 27.3 Å². The molecule has 1 saturated heterocycles. The Bertz CT molecular complexity index is 839. The van der Waals surface area contributed by atoms with Crippen molar-refractivity contribution in [1.29, 1.82) is 0 Å². The molecular weight excluding hydrogens is 324 g/mol. The molecule has 0 unspecified atom stereocenters. The Kier molecular flexibility index (Phi) is 4.03. The van der Waals surface area contributed by atoms with Crippen LogP contribution in [-0.2, 0) is 11.3 Å². The molecule has 1 aliphatic heterocycles. The summed E-state index contributed by atoms with van der Waals surface area (Å²) in [6.07, 6.45) is 2.80. The number of aromatic nitrogens is 3. The second-order valence-electron chi connectivity index (χ2n) is 5.97. The molecule has 0 N–H and O–H groups in total. The van der Waals surface area contributed by atoms with Gasteiger partial charge < -0.3 is 9.64 Å². The monoisotopic (exact) mass is 342 g/mol. The number of amides is 1. The summed E-state index contributed by atoms with van der Waals surface area (Å²) in [7, 11) is 1.64. The highest BCUT2D eigenvalue weighted by atomic mass is 32.1. The third kappa shape index (κ3) is 2.81. The van der Waals surface area contributed by atoms with Crippen molar-refractivity contribution in [1.82, 2.24) is 19.9 Å². The van der Waals surface area contributed by atoms with Crippen LogP contribution >= 0.6 is 11.3 Å². The maximum Gasteiger partial charge on any atom is 0.264 e. The fourth-order valence-corrected chi connectivity index (χ4v) is 4.12. The van der Waals surface area contributed by atoms with Crippen LogP contribution in [-0.4, -0.2) is 46.0 Å². The number of rotatable bonds is 4. The van der Waals surface area contributed by atoms with Gasteiger partial charge >= 0.3 is 0 Å². The lowest BCUT2D eigenvalue weighted by Crippen LogP contribution is -2.28. The standard InChI is InChI=1S/C17H18N4O2S/c1-23-11-13-9-21(19-18-13)14-6-7-20(10-14)17(22)16-8-12-4-2-3-5-15(12)24-16/h2-5,8-9,14H,6-7,10-11H2,1H3/t14-/m1/s1. The van der Waals surface area contributed by atoms with Crippen LogP contribution in [0.2, 0.25) is 0 Å².